The highest BCUT2D eigenvalue weighted by molar-refractivity contribution is 5.22. The van der Waals surface area contributed by atoms with Gasteiger partial charge in [-0.15, -0.1) is 0 Å². The van der Waals surface area contributed by atoms with Gasteiger partial charge in [0.25, 0.3) is 0 Å². The predicted molar refractivity (Wildman–Crippen MR) is 57.1 cm³/mol. The molecule has 1 aromatic rings. The van der Waals surface area contributed by atoms with Gasteiger partial charge >= 0.3 is 0 Å². The molecule has 0 atom stereocenters. The molecule has 4 nitrogen and oxygen atoms in total. The number of rotatable bonds is 2. The van der Waals surface area contributed by atoms with E-state index in [1.54, 1.807) is 0 Å². The Morgan fingerprint density at radius 1 is 1.50 bits per heavy atom. The summed E-state index contributed by atoms with van der Waals surface area (Å²) in [5.74, 6) is 1.17. The molecule has 0 saturated heterocycles. The standard InChI is InChI=1S/C10H18N4/c1-4-10-12-8-5-6-11-7-9(8)14(10)13(2)3/h11H,4-7H2,1-3H3. The van der Waals surface area contributed by atoms with Crippen molar-refractivity contribution in [2.75, 3.05) is 25.6 Å². The van der Waals surface area contributed by atoms with Gasteiger partial charge in [-0.1, -0.05) is 6.92 Å². The van der Waals surface area contributed by atoms with E-state index in [1.807, 2.05) is 0 Å². The molecule has 0 aromatic carbocycles. The molecule has 0 fully saturated rings. The maximum atomic E-state index is 4.67. The van der Waals surface area contributed by atoms with Crippen LogP contribution < -0.4 is 10.3 Å². The molecule has 0 radical (unpaired) electrons. The third-order valence-corrected chi connectivity index (χ3v) is 2.64. The molecule has 2 heterocycles. The van der Waals surface area contributed by atoms with Crippen LogP contribution in [-0.2, 0) is 19.4 Å². The summed E-state index contributed by atoms with van der Waals surface area (Å²) in [6.07, 6.45) is 2.05. The third kappa shape index (κ3) is 1.39. The zero-order valence-electron chi connectivity index (χ0n) is 9.17. The lowest BCUT2D eigenvalue weighted by Crippen LogP contribution is -2.33. The smallest absolute Gasteiger partial charge is 0.127 e. The number of nitrogens with zero attached hydrogens (tertiary/aromatic N) is 3. The lowest BCUT2D eigenvalue weighted by atomic mass is 10.2. The number of hydrogen-bond acceptors (Lipinski definition) is 3. The van der Waals surface area contributed by atoms with E-state index in [2.05, 4.69) is 41.0 Å². The Bertz CT molecular complexity index is 327. The average molecular weight is 194 g/mol. The third-order valence-electron chi connectivity index (χ3n) is 2.64. The molecule has 14 heavy (non-hydrogen) atoms. The second kappa shape index (κ2) is 3.61. The zero-order valence-corrected chi connectivity index (χ0v) is 9.17. The SMILES string of the molecule is CCc1nc2c(n1N(C)C)CNCC2. The molecular weight excluding hydrogens is 176 g/mol. The molecule has 1 N–H and O–H groups in total. The van der Waals surface area contributed by atoms with Gasteiger partial charge in [-0.05, 0) is 0 Å². The van der Waals surface area contributed by atoms with E-state index in [0.29, 0.717) is 0 Å². The molecule has 0 aliphatic carbocycles. The molecule has 78 valence electrons. The molecule has 1 aliphatic heterocycles. The summed E-state index contributed by atoms with van der Waals surface area (Å²) in [5, 5.41) is 5.49. The van der Waals surface area contributed by atoms with Crippen LogP contribution in [0.1, 0.15) is 24.1 Å². The summed E-state index contributed by atoms with van der Waals surface area (Å²) in [4.78, 5) is 4.67. The molecular formula is C10H18N4. The Hall–Kier alpha value is -1.03. The fraction of sp³-hybridized carbons (Fsp3) is 0.700. The predicted octanol–water partition coefficient (Wildman–Crippen LogP) is 0.289. The molecule has 0 unspecified atom stereocenters. The van der Waals surface area contributed by atoms with Crippen LogP contribution >= 0.6 is 0 Å². The lowest BCUT2D eigenvalue weighted by molar-refractivity contribution is 0.576. The van der Waals surface area contributed by atoms with Gasteiger partial charge in [0.2, 0.25) is 0 Å². The number of fused-ring (bicyclic) bond motifs is 1. The summed E-state index contributed by atoms with van der Waals surface area (Å²) in [5.41, 5.74) is 2.60. The maximum Gasteiger partial charge on any atom is 0.127 e. The van der Waals surface area contributed by atoms with Crippen molar-refractivity contribution in [2.45, 2.75) is 26.3 Å². The number of nitrogens with one attached hydrogen (secondary N) is 1. The minimum absolute atomic E-state index is 0.945. The molecule has 1 aliphatic rings. The Kier molecular flexibility index (Phi) is 2.46. The first-order valence-corrected chi connectivity index (χ1v) is 5.21. The van der Waals surface area contributed by atoms with Gasteiger partial charge in [0.05, 0.1) is 11.4 Å². The highest BCUT2D eigenvalue weighted by atomic mass is 15.5. The second-order valence-electron chi connectivity index (χ2n) is 3.86. The zero-order chi connectivity index (χ0) is 10.1. The van der Waals surface area contributed by atoms with Gasteiger partial charge in [-0.25, -0.2) is 9.66 Å². The normalized spacial score (nSPS) is 15.4. The minimum atomic E-state index is 0.945. The number of aryl methyl sites for hydroxylation is 1. The molecule has 2 rings (SSSR count). The highest BCUT2D eigenvalue weighted by Crippen LogP contribution is 2.15. The molecule has 0 saturated carbocycles. The number of aromatic nitrogens is 2. The maximum absolute atomic E-state index is 4.67. The van der Waals surface area contributed by atoms with Crippen molar-refractivity contribution >= 4 is 0 Å². The van der Waals surface area contributed by atoms with Gasteiger partial charge < -0.3 is 10.3 Å². The molecule has 4 heteroatoms. The Labute approximate surface area is 84.9 Å². The molecule has 0 spiro atoms. The monoisotopic (exact) mass is 194 g/mol. The quantitative estimate of drug-likeness (QED) is 0.734. The summed E-state index contributed by atoms with van der Waals surface area (Å²) in [6, 6.07) is 0. The topological polar surface area (TPSA) is 33.1 Å². The molecule has 0 amide bonds. The van der Waals surface area contributed by atoms with Crippen LogP contribution in [0.25, 0.3) is 0 Å². The van der Waals surface area contributed by atoms with E-state index in [9.17, 15) is 0 Å². The van der Waals surface area contributed by atoms with Crippen molar-refractivity contribution in [2.24, 2.45) is 0 Å². The van der Waals surface area contributed by atoms with Crippen molar-refractivity contribution in [3.05, 3.63) is 17.2 Å². The fourth-order valence-electron chi connectivity index (χ4n) is 2.04. The van der Waals surface area contributed by atoms with Gasteiger partial charge in [-0.3, -0.25) is 0 Å². The van der Waals surface area contributed by atoms with Crippen LogP contribution in [0.4, 0.5) is 0 Å². The highest BCUT2D eigenvalue weighted by Gasteiger charge is 2.19. The Balaban J connectivity index is 2.48. The van der Waals surface area contributed by atoms with Crippen molar-refractivity contribution in [3.63, 3.8) is 0 Å². The summed E-state index contributed by atoms with van der Waals surface area (Å²) >= 11 is 0. The first-order valence-electron chi connectivity index (χ1n) is 5.21. The first-order chi connectivity index (χ1) is 6.74. The summed E-state index contributed by atoms with van der Waals surface area (Å²) in [6.45, 7) is 4.16. The van der Waals surface area contributed by atoms with Crippen LogP contribution in [0.2, 0.25) is 0 Å². The number of imidazole rings is 1. The second-order valence-corrected chi connectivity index (χ2v) is 3.86. The van der Waals surface area contributed by atoms with E-state index < -0.39 is 0 Å². The number of hydrogen-bond donors (Lipinski definition) is 1. The van der Waals surface area contributed by atoms with Gasteiger partial charge in [0.1, 0.15) is 5.82 Å². The van der Waals surface area contributed by atoms with Crippen molar-refractivity contribution in [3.8, 4) is 0 Å². The van der Waals surface area contributed by atoms with Crippen molar-refractivity contribution in [1.82, 2.24) is 15.0 Å². The molecule has 0 bridgehead atoms. The van der Waals surface area contributed by atoms with E-state index >= 15 is 0 Å². The largest absolute Gasteiger partial charge is 0.317 e. The van der Waals surface area contributed by atoms with Crippen molar-refractivity contribution in [1.29, 1.82) is 0 Å². The Morgan fingerprint density at radius 2 is 2.29 bits per heavy atom. The first kappa shape index (κ1) is 9.52. The van der Waals surface area contributed by atoms with Gasteiger partial charge in [-0.2, -0.15) is 0 Å². The summed E-state index contributed by atoms with van der Waals surface area (Å²) < 4.78 is 2.22. The average Bonchev–Trinajstić information content (AvgIpc) is 2.55. The lowest BCUT2D eigenvalue weighted by Gasteiger charge is -2.22. The van der Waals surface area contributed by atoms with Crippen LogP contribution in [0.3, 0.4) is 0 Å². The van der Waals surface area contributed by atoms with Crippen LogP contribution in [0.5, 0.6) is 0 Å². The van der Waals surface area contributed by atoms with Crippen LogP contribution in [-0.4, -0.2) is 30.3 Å². The molecule has 1 aromatic heterocycles. The minimum Gasteiger partial charge on any atom is -0.317 e. The van der Waals surface area contributed by atoms with E-state index in [4.69, 9.17) is 0 Å². The van der Waals surface area contributed by atoms with E-state index in [1.165, 1.54) is 17.2 Å². The van der Waals surface area contributed by atoms with Gasteiger partial charge in [0.15, 0.2) is 0 Å². The van der Waals surface area contributed by atoms with Crippen LogP contribution in [0.15, 0.2) is 0 Å². The Morgan fingerprint density at radius 3 is 2.93 bits per heavy atom. The van der Waals surface area contributed by atoms with Gasteiger partial charge in [0, 0.05) is 40.0 Å². The fourth-order valence-corrected chi connectivity index (χ4v) is 2.04. The van der Waals surface area contributed by atoms with E-state index in [0.717, 1.165) is 25.9 Å². The van der Waals surface area contributed by atoms with Crippen LogP contribution in [0, 0.1) is 0 Å². The summed E-state index contributed by atoms with van der Waals surface area (Å²) in [7, 11) is 4.13. The van der Waals surface area contributed by atoms with Crippen molar-refractivity contribution < 1.29 is 0 Å². The van der Waals surface area contributed by atoms with E-state index in [-0.39, 0.29) is 0 Å².